The molecular formula is C48H48F12N4O12. The van der Waals surface area contributed by atoms with Crippen molar-refractivity contribution in [3.05, 3.63) is 35.4 Å². The van der Waals surface area contributed by atoms with E-state index in [-0.39, 0.29) is 42.8 Å². The Bertz CT molecular complexity index is 2520. The molecule has 0 radical (unpaired) electrons. The van der Waals surface area contributed by atoms with Crippen LogP contribution in [0.3, 0.4) is 0 Å². The van der Waals surface area contributed by atoms with Gasteiger partial charge in [0, 0.05) is 89.7 Å². The van der Waals surface area contributed by atoms with Crippen LogP contribution >= 0.6 is 0 Å². The van der Waals surface area contributed by atoms with E-state index in [4.69, 9.17) is 20.4 Å². The van der Waals surface area contributed by atoms with Gasteiger partial charge in [-0.3, -0.25) is 33.6 Å². The fourth-order valence-corrected chi connectivity index (χ4v) is 6.37. The van der Waals surface area contributed by atoms with Gasteiger partial charge in [-0.15, -0.1) is 11.8 Å². The van der Waals surface area contributed by atoms with E-state index in [1.165, 1.54) is 23.7 Å². The van der Waals surface area contributed by atoms with Gasteiger partial charge in [-0.2, -0.15) is 52.7 Å². The highest BCUT2D eigenvalue weighted by molar-refractivity contribution is 5.96. The van der Waals surface area contributed by atoms with Crippen molar-refractivity contribution in [3.8, 4) is 47.4 Å². The third-order valence-corrected chi connectivity index (χ3v) is 10.4. The lowest BCUT2D eigenvalue weighted by molar-refractivity contribution is -0.187. The Kier molecular flexibility index (Phi) is 24.0. The molecule has 0 aromatic heterocycles. The van der Waals surface area contributed by atoms with Crippen molar-refractivity contribution in [2.75, 3.05) is 52.4 Å². The molecule has 4 aliphatic heterocycles. The van der Waals surface area contributed by atoms with E-state index >= 15 is 0 Å². The molecule has 0 atom stereocenters. The molecule has 4 N–H and O–H groups in total. The van der Waals surface area contributed by atoms with Crippen LogP contribution in [0.4, 0.5) is 52.7 Å². The monoisotopic (exact) mass is 1100 g/mol. The number of carboxylic acid groups (broad SMARTS) is 4. The molecule has 0 spiro atoms. The van der Waals surface area contributed by atoms with Crippen molar-refractivity contribution in [1.29, 1.82) is 0 Å². The normalized spacial score (nSPS) is 19.3. The molecule has 416 valence electrons. The van der Waals surface area contributed by atoms with Gasteiger partial charge in [0.15, 0.2) is 0 Å². The molecular weight excluding hydrogens is 1050 g/mol. The quantitative estimate of drug-likeness (QED) is 0.146. The van der Waals surface area contributed by atoms with Crippen molar-refractivity contribution in [2.45, 2.75) is 113 Å². The van der Waals surface area contributed by atoms with E-state index in [9.17, 15) is 91.0 Å². The van der Waals surface area contributed by atoms with E-state index in [0.29, 0.717) is 34.2 Å². The molecule has 28 heteroatoms. The van der Waals surface area contributed by atoms with Gasteiger partial charge in [0.05, 0.1) is 44.5 Å². The van der Waals surface area contributed by atoms with Crippen molar-refractivity contribution < 1.29 is 111 Å². The van der Waals surface area contributed by atoms with Gasteiger partial charge < -0.3 is 40.0 Å². The zero-order valence-electron chi connectivity index (χ0n) is 39.8. The first-order valence-corrected chi connectivity index (χ1v) is 22.5. The van der Waals surface area contributed by atoms with E-state index in [1.807, 2.05) is 5.92 Å². The highest BCUT2D eigenvalue weighted by atomic mass is 19.3. The van der Waals surface area contributed by atoms with Gasteiger partial charge in [0.1, 0.15) is 0 Å². The van der Waals surface area contributed by atoms with Crippen molar-refractivity contribution in [2.24, 2.45) is 0 Å². The number of hydrogen-bond donors (Lipinski definition) is 4. The number of hydrogen-bond acceptors (Lipinski definition) is 8. The van der Waals surface area contributed by atoms with Crippen LogP contribution < -0.4 is 0 Å². The summed E-state index contributed by atoms with van der Waals surface area (Å²) in [7, 11) is 0. The van der Waals surface area contributed by atoms with Crippen molar-refractivity contribution in [1.82, 2.24) is 19.6 Å². The van der Waals surface area contributed by atoms with E-state index in [0.717, 1.165) is 43.0 Å². The second-order valence-corrected chi connectivity index (χ2v) is 16.7. The van der Waals surface area contributed by atoms with Crippen molar-refractivity contribution >= 4 is 47.5 Å². The number of alkyl halides is 12. The maximum absolute atomic E-state index is 13.5. The Morgan fingerprint density at radius 1 is 0.421 bits per heavy atom. The first-order valence-electron chi connectivity index (χ1n) is 22.5. The topological polar surface area (TPSA) is 230 Å². The Labute approximate surface area is 425 Å². The average molecular weight is 1100 g/mol. The summed E-state index contributed by atoms with van der Waals surface area (Å²) >= 11 is 0. The number of aliphatic carboxylic acids is 3. The average Bonchev–Trinajstić information content (AvgIpc) is 3.31. The molecule has 76 heavy (non-hydrogen) atoms. The standard InChI is InChI=1S/C15H11F4NO3.2C11H11F4NO3.C11H15NO3/c16-14(17)5-6-15(18,19)9-20(8-7-14)12(21)10-1-3-11(4-2-10)13(22)23;12-10(13)3-4-11(14,15)7-16(6-5-10)8(17)1-2-9(18)19;12-10(13)5-1-2-6-16(7-11(10,14)15)8(17)3-4-9(18)19;13-10(6-7-11(14)15)12-8-4-2-1-3-5-9-12/h1-4H,7-9H2,(H,22,23);1-2,5-7H2,(H,18,19);2-4,6-7H2,(H,18,19);2,4-9H2,(H,14,15). The van der Waals surface area contributed by atoms with Gasteiger partial charge in [0.25, 0.3) is 5.91 Å². The summed E-state index contributed by atoms with van der Waals surface area (Å²) in [6, 6.07) is 4.55. The molecule has 0 unspecified atom stereocenters. The Morgan fingerprint density at radius 2 is 0.803 bits per heavy atom. The van der Waals surface area contributed by atoms with E-state index in [1.54, 1.807) is 4.90 Å². The summed E-state index contributed by atoms with van der Waals surface area (Å²) in [5.41, 5.74) is -0.153. The molecule has 0 aliphatic carbocycles. The highest BCUT2D eigenvalue weighted by Crippen LogP contribution is 2.35. The summed E-state index contributed by atoms with van der Waals surface area (Å²) in [6.45, 7) is -3.74. The minimum atomic E-state index is -4.50. The SMILES string of the molecule is O=C(O)CCC(=O)N1CCC#CC(F)(F)C(F)(F)C1.O=C(O)CCC(=O)N1CCC#CCCC1.O=C(O)CCC(=O)N1CCC(F)(F)C#CC(F)(F)C1.O=C(O)c1ccc(C(=O)N2CCC(F)(F)C#CC(F)(F)C2)cc1. The van der Waals surface area contributed by atoms with Gasteiger partial charge in [0.2, 0.25) is 17.7 Å². The predicted octanol–water partition coefficient (Wildman–Crippen LogP) is 6.09. The minimum absolute atomic E-state index is 0.0670. The van der Waals surface area contributed by atoms with Crippen LogP contribution in [-0.4, -0.2) is 175 Å². The molecule has 4 heterocycles. The van der Waals surface area contributed by atoms with Gasteiger partial charge in [-0.25, -0.2) is 4.79 Å². The number of carboxylic acids is 4. The number of carbonyl (C=O) groups is 8. The number of amides is 4. The zero-order chi connectivity index (χ0) is 57.7. The second kappa shape index (κ2) is 28.3. The summed E-state index contributed by atoms with van der Waals surface area (Å²) < 4.78 is 158. The van der Waals surface area contributed by atoms with Crippen LogP contribution in [0.25, 0.3) is 0 Å². The molecule has 1 aromatic rings. The lowest BCUT2D eigenvalue weighted by atomic mass is 10.1. The Balaban J connectivity index is 0.000000350. The molecule has 0 fully saturated rings. The van der Waals surface area contributed by atoms with Crippen LogP contribution in [0.5, 0.6) is 0 Å². The summed E-state index contributed by atoms with van der Waals surface area (Å²) in [5, 5.41) is 34.0. The summed E-state index contributed by atoms with van der Waals surface area (Å²) in [5.74, 6) is -17.2. The molecule has 5 rings (SSSR count). The van der Waals surface area contributed by atoms with Crippen LogP contribution in [0.1, 0.15) is 97.8 Å². The number of halogens is 12. The highest BCUT2D eigenvalue weighted by Gasteiger charge is 2.57. The van der Waals surface area contributed by atoms with Gasteiger partial charge >= 0.3 is 59.4 Å². The number of nitrogens with zero attached hydrogens (tertiary/aromatic N) is 4. The predicted molar refractivity (Wildman–Crippen MR) is 238 cm³/mol. The Hall–Kier alpha value is -7.62. The molecule has 4 aliphatic rings. The van der Waals surface area contributed by atoms with Crippen LogP contribution in [0.2, 0.25) is 0 Å². The molecule has 0 saturated heterocycles. The maximum atomic E-state index is 13.5. The molecule has 0 saturated carbocycles. The Morgan fingerprint density at radius 3 is 1.28 bits per heavy atom. The molecule has 1 aromatic carbocycles. The third-order valence-electron chi connectivity index (χ3n) is 10.4. The smallest absolute Gasteiger partial charge is 0.372 e. The maximum Gasteiger partial charge on any atom is 0.372 e. The number of aromatic carboxylic acids is 1. The fourth-order valence-electron chi connectivity index (χ4n) is 6.37. The first-order chi connectivity index (χ1) is 35.1. The number of benzene rings is 1. The third kappa shape index (κ3) is 23.7. The van der Waals surface area contributed by atoms with Crippen molar-refractivity contribution in [3.63, 3.8) is 0 Å². The van der Waals surface area contributed by atoms with Crippen LogP contribution in [0, 0.1) is 47.4 Å². The number of rotatable bonds is 11. The van der Waals surface area contributed by atoms with Gasteiger partial charge in [-0.05, 0) is 60.3 Å². The minimum Gasteiger partial charge on any atom is -0.481 e. The van der Waals surface area contributed by atoms with Gasteiger partial charge in [-0.1, -0.05) is 5.92 Å². The molecule has 16 nitrogen and oxygen atoms in total. The number of carbonyl (C=O) groups excluding carboxylic acids is 4. The largest absolute Gasteiger partial charge is 0.481 e. The zero-order valence-corrected chi connectivity index (χ0v) is 39.8. The van der Waals surface area contributed by atoms with E-state index in [2.05, 4.69) is 11.8 Å². The summed E-state index contributed by atoms with van der Waals surface area (Å²) in [4.78, 5) is 91.8. The fraction of sp³-hybridized carbons (Fsp3) is 0.542. The molecule has 0 bridgehead atoms. The lowest BCUT2D eigenvalue weighted by Crippen LogP contribution is -2.51. The van der Waals surface area contributed by atoms with Crippen LogP contribution in [-0.2, 0) is 28.8 Å². The second-order valence-electron chi connectivity index (χ2n) is 16.7. The van der Waals surface area contributed by atoms with E-state index < -0.39 is 148 Å². The summed E-state index contributed by atoms with van der Waals surface area (Å²) in [6.07, 6.45) is -1.55. The molecule has 4 amide bonds. The first kappa shape index (κ1) is 64.5. The lowest BCUT2D eigenvalue weighted by Gasteiger charge is -2.30. The van der Waals surface area contributed by atoms with Crippen LogP contribution in [0.15, 0.2) is 24.3 Å².